The highest BCUT2D eigenvalue weighted by atomic mass is 16.5. The molecular weight excluding hydrogens is 244 g/mol. The van der Waals surface area contributed by atoms with Crippen LogP contribution in [0.2, 0.25) is 0 Å². The van der Waals surface area contributed by atoms with Crippen molar-refractivity contribution in [2.45, 2.75) is 25.6 Å². The number of morpholine rings is 1. The molecule has 1 aromatic carbocycles. The maximum absolute atomic E-state index is 11.2. The molecule has 0 aromatic heterocycles. The lowest BCUT2D eigenvalue weighted by Crippen LogP contribution is -2.48. The van der Waals surface area contributed by atoms with Crippen LogP contribution < -0.4 is 5.73 Å². The zero-order valence-corrected chi connectivity index (χ0v) is 11.1. The first-order chi connectivity index (χ1) is 9.10. The summed E-state index contributed by atoms with van der Waals surface area (Å²) < 4.78 is 5.50. The van der Waals surface area contributed by atoms with Crippen LogP contribution in [0.25, 0.3) is 0 Å². The molecule has 0 saturated carbocycles. The smallest absolute Gasteiger partial charge is 0.248 e. The van der Waals surface area contributed by atoms with Crippen molar-refractivity contribution >= 4 is 5.91 Å². The Morgan fingerprint density at radius 3 is 3.05 bits per heavy atom. The number of nitrogens with zero attached hydrogens (tertiary/aromatic N) is 1. The van der Waals surface area contributed by atoms with Crippen LogP contribution in [0.5, 0.6) is 0 Å². The van der Waals surface area contributed by atoms with Gasteiger partial charge in [-0.1, -0.05) is 12.1 Å². The van der Waals surface area contributed by atoms with Crippen molar-refractivity contribution in [2.75, 3.05) is 19.8 Å². The summed E-state index contributed by atoms with van der Waals surface area (Å²) in [4.78, 5) is 13.4. The van der Waals surface area contributed by atoms with E-state index in [1.807, 2.05) is 18.2 Å². The van der Waals surface area contributed by atoms with E-state index in [0.29, 0.717) is 24.8 Å². The fourth-order valence-electron chi connectivity index (χ4n) is 2.26. The lowest BCUT2D eigenvalue weighted by molar-refractivity contribution is -0.0805. The van der Waals surface area contributed by atoms with Crippen LogP contribution in [0.3, 0.4) is 0 Å². The number of rotatable bonds is 4. The molecule has 2 unspecified atom stereocenters. The van der Waals surface area contributed by atoms with Crippen LogP contribution in [0.4, 0.5) is 0 Å². The lowest BCUT2D eigenvalue weighted by atomic mass is 10.1. The van der Waals surface area contributed by atoms with Gasteiger partial charge in [-0.25, -0.2) is 0 Å². The summed E-state index contributed by atoms with van der Waals surface area (Å²) in [6.45, 7) is 4.15. The average Bonchev–Trinajstić information content (AvgIpc) is 2.41. The number of amides is 1. The third kappa shape index (κ3) is 3.53. The van der Waals surface area contributed by atoms with Gasteiger partial charge in [0.2, 0.25) is 5.91 Å². The Bertz CT molecular complexity index is 450. The number of aliphatic hydroxyl groups excluding tert-OH is 1. The number of hydrogen-bond acceptors (Lipinski definition) is 4. The van der Waals surface area contributed by atoms with Crippen molar-refractivity contribution in [1.82, 2.24) is 4.90 Å². The van der Waals surface area contributed by atoms with E-state index in [4.69, 9.17) is 15.6 Å². The summed E-state index contributed by atoms with van der Waals surface area (Å²) >= 11 is 0. The van der Waals surface area contributed by atoms with E-state index >= 15 is 0 Å². The maximum Gasteiger partial charge on any atom is 0.248 e. The number of hydrogen-bond donors (Lipinski definition) is 2. The second kappa shape index (κ2) is 6.14. The van der Waals surface area contributed by atoms with Gasteiger partial charge >= 0.3 is 0 Å². The van der Waals surface area contributed by atoms with Crippen LogP contribution in [0.15, 0.2) is 24.3 Å². The lowest BCUT2D eigenvalue weighted by Gasteiger charge is -2.37. The van der Waals surface area contributed by atoms with E-state index in [0.717, 1.165) is 12.1 Å². The summed E-state index contributed by atoms with van der Waals surface area (Å²) in [7, 11) is 0. The molecule has 1 aromatic rings. The van der Waals surface area contributed by atoms with Crippen LogP contribution >= 0.6 is 0 Å². The zero-order chi connectivity index (χ0) is 13.8. The zero-order valence-electron chi connectivity index (χ0n) is 11.1. The van der Waals surface area contributed by atoms with Crippen molar-refractivity contribution in [3.63, 3.8) is 0 Å². The molecule has 1 heterocycles. The summed E-state index contributed by atoms with van der Waals surface area (Å²) in [6, 6.07) is 7.64. The topological polar surface area (TPSA) is 75.8 Å². The predicted molar refractivity (Wildman–Crippen MR) is 71.7 cm³/mol. The molecule has 1 amide bonds. The molecule has 1 aliphatic rings. The molecule has 3 N–H and O–H groups in total. The highest BCUT2D eigenvalue weighted by Crippen LogP contribution is 2.16. The summed E-state index contributed by atoms with van der Waals surface area (Å²) in [5.41, 5.74) is 6.85. The largest absolute Gasteiger partial charge is 0.394 e. The second-order valence-corrected chi connectivity index (χ2v) is 4.98. The van der Waals surface area contributed by atoms with E-state index in [-0.39, 0.29) is 12.7 Å². The van der Waals surface area contributed by atoms with Gasteiger partial charge in [-0.05, 0) is 24.6 Å². The molecule has 0 spiro atoms. The molecule has 104 valence electrons. The molecule has 0 aliphatic carbocycles. The summed E-state index contributed by atoms with van der Waals surface area (Å²) in [5.74, 6) is -0.412. The van der Waals surface area contributed by atoms with Gasteiger partial charge < -0.3 is 15.6 Å². The van der Waals surface area contributed by atoms with Crippen LogP contribution in [-0.2, 0) is 11.3 Å². The third-order valence-corrected chi connectivity index (χ3v) is 3.44. The molecule has 0 radical (unpaired) electrons. The standard InChI is InChI=1S/C14H20N2O3/c1-10-9-19-13(8-17)7-16(10)6-11-3-2-4-12(5-11)14(15)18/h2-5,10,13,17H,6-9H2,1H3,(H2,15,18). The van der Waals surface area contributed by atoms with Gasteiger partial charge in [-0.15, -0.1) is 0 Å². The number of benzene rings is 1. The first kappa shape index (κ1) is 14.0. The normalized spacial score (nSPS) is 24.3. The van der Waals surface area contributed by atoms with E-state index in [9.17, 15) is 4.79 Å². The molecule has 2 rings (SSSR count). The van der Waals surface area contributed by atoms with Gasteiger partial charge in [0.05, 0.1) is 19.3 Å². The third-order valence-electron chi connectivity index (χ3n) is 3.44. The maximum atomic E-state index is 11.2. The fraction of sp³-hybridized carbons (Fsp3) is 0.500. The Morgan fingerprint density at radius 1 is 1.58 bits per heavy atom. The Balaban J connectivity index is 2.06. The van der Waals surface area contributed by atoms with E-state index in [1.54, 1.807) is 6.07 Å². The van der Waals surface area contributed by atoms with E-state index in [2.05, 4.69) is 11.8 Å². The number of aliphatic hydroxyl groups is 1. The van der Waals surface area contributed by atoms with Crippen molar-refractivity contribution in [1.29, 1.82) is 0 Å². The van der Waals surface area contributed by atoms with Crippen LogP contribution in [0, 0.1) is 0 Å². The second-order valence-electron chi connectivity index (χ2n) is 4.98. The molecular formula is C14H20N2O3. The average molecular weight is 264 g/mol. The predicted octanol–water partition coefficient (Wildman–Crippen LogP) is 0.367. The SMILES string of the molecule is CC1COC(CO)CN1Cc1cccc(C(N)=O)c1. The van der Waals surface area contributed by atoms with Crippen molar-refractivity contribution < 1.29 is 14.6 Å². The Morgan fingerprint density at radius 2 is 2.37 bits per heavy atom. The number of ether oxygens (including phenoxy) is 1. The molecule has 5 nitrogen and oxygen atoms in total. The van der Waals surface area contributed by atoms with Gasteiger partial charge in [-0.3, -0.25) is 9.69 Å². The minimum absolute atomic E-state index is 0.0323. The van der Waals surface area contributed by atoms with E-state index in [1.165, 1.54) is 0 Å². The fourth-order valence-corrected chi connectivity index (χ4v) is 2.26. The van der Waals surface area contributed by atoms with Crippen LogP contribution in [-0.4, -0.2) is 47.8 Å². The van der Waals surface area contributed by atoms with Gasteiger partial charge in [0.15, 0.2) is 0 Å². The molecule has 5 heteroatoms. The Labute approximate surface area is 113 Å². The number of primary amides is 1. The summed E-state index contributed by atoms with van der Waals surface area (Å²) in [6.07, 6.45) is -0.129. The van der Waals surface area contributed by atoms with Crippen molar-refractivity contribution in [2.24, 2.45) is 5.73 Å². The molecule has 2 atom stereocenters. The highest BCUT2D eigenvalue weighted by molar-refractivity contribution is 5.92. The molecule has 1 saturated heterocycles. The monoisotopic (exact) mass is 264 g/mol. The summed E-state index contributed by atoms with van der Waals surface area (Å²) in [5, 5.41) is 9.17. The molecule has 0 bridgehead atoms. The van der Waals surface area contributed by atoms with Gasteiger partial charge in [0, 0.05) is 24.7 Å². The van der Waals surface area contributed by atoms with E-state index < -0.39 is 5.91 Å². The Kier molecular flexibility index (Phi) is 4.52. The number of carbonyl (C=O) groups excluding carboxylic acids is 1. The van der Waals surface area contributed by atoms with Crippen molar-refractivity contribution in [3.05, 3.63) is 35.4 Å². The Hall–Kier alpha value is -1.43. The quantitative estimate of drug-likeness (QED) is 0.823. The minimum atomic E-state index is -0.412. The van der Waals surface area contributed by atoms with Crippen LogP contribution in [0.1, 0.15) is 22.8 Å². The first-order valence-electron chi connectivity index (χ1n) is 6.45. The molecule has 1 aliphatic heterocycles. The van der Waals surface area contributed by atoms with Gasteiger partial charge in [0.1, 0.15) is 0 Å². The van der Waals surface area contributed by atoms with Gasteiger partial charge in [0.25, 0.3) is 0 Å². The molecule has 19 heavy (non-hydrogen) atoms. The van der Waals surface area contributed by atoms with Gasteiger partial charge in [-0.2, -0.15) is 0 Å². The minimum Gasteiger partial charge on any atom is -0.394 e. The number of carbonyl (C=O) groups is 1. The highest BCUT2D eigenvalue weighted by Gasteiger charge is 2.25. The molecule has 1 fully saturated rings. The first-order valence-corrected chi connectivity index (χ1v) is 6.45. The number of nitrogens with two attached hydrogens (primary N) is 1. The van der Waals surface area contributed by atoms with Crippen molar-refractivity contribution in [3.8, 4) is 0 Å².